The Labute approximate surface area is 164 Å². The van der Waals surface area contributed by atoms with Crippen molar-refractivity contribution in [1.29, 1.82) is 0 Å². The van der Waals surface area contributed by atoms with Gasteiger partial charge in [-0.15, -0.1) is 0 Å². The third kappa shape index (κ3) is 4.47. The van der Waals surface area contributed by atoms with Crippen molar-refractivity contribution in [2.75, 3.05) is 13.6 Å². The first-order valence-electron chi connectivity index (χ1n) is 8.74. The van der Waals surface area contributed by atoms with Crippen LogP contribution in [0.2, 0.25) is 0 Å². The van der Waals surface area contributed by atoms with E-state index in [9.17, 15) is 13.2 Å². The zero-order valence-corrected chi connectivity index (χ0v) is 16.6. The van der Waals surface area contributed by atoms with E-state index in [1.165, 1.54) is 7.05 Å². The highest BCUT2D eigenvalue weighted by atomic mass is 32.2. The molecule has 1 heterocycles. The van der Waals surface area contributed by atoms with Crippen LogP contribution in [-0.2, 0) is 21.4 Å². The fraction of sp³-hybridized carbons (Fsp3) is 0.200. The number of nitrogens with one attached hydrogen (secondary N) is 1. The molecule has 0 atom stereocenters. The average molecular weight is 398 g/mol. The maximum atomic E-state index is 12.6. The van der Waals surface area contributed by atoms with E-state index < -0.39 is 10.0 Å². The minimum absolute atomic E-state index is 0.166. The zero-order valence-electron chi connectivity index (χ0n) is 15.7. The van der Waals surface area contributed by atoms with Crippen LogP contribution < -0.4 is 5.32 Å². The highest BCUT2D eigenvalue weighted by Crippen LogP contribution is 2.16. The van der Waals surface area contributed by atoms with Crippen molar-refractivity contribution < 1.29 is 13.2 Å². The maximum Gasteiger partial charge on any atom is 0.243 e. The van der Waals surface area contributed by atoms with Gasteiger partial charge < -0.3 is 9.88 Å². The molecule has 0 fully saturated rings. The van der Waals surface area contributed by atoms with Gasteiger partial charge in [0.05, 0.1) is 23.5 Å². The Morgan fingerprint density at radius 3 is 2.54 bits per heavy atom. The smallest absolute Gasteiger partial charge is 0.243 e. The van der Waals surface area contributed by atoms with E-state index in [1.54, 1.807) is 36.8 Å². The van der Waals surface area contributed by atoms with E-state index in [2.05, 4.69) is 10.3 Å². The standard InChI is InChI=1S/C20H22N4O3S/c1-16-7-9-18(10-8-16)28(26,27)23(2)14-20(25)22-13-17-5-3-4-6-19(17)24-12-11-21-15-24/h3-12,15H,13-14H2,1-2H3,(H,22,25). The molecular formula is C20H22N4O3S. The number of imidazole rings is 1. The van der Waals surface area contributed by atoms with Gasteiger partial charge in [-0.2, -0.15) is 4.31 Å². The monoisotopic (exact) mass is 398 g/mol. The van der Waals surface area contributed by atoms with Crippen LogP contribution in [0, 0.1) is 6.92 Å². The number of aryl methyl sites for hydroxylation is 1. The second kappa shape index (κ2) is 8.37. The SMILES string of the molecule is Cc1ccc(S(=O)(=O)N(C)CC(=O)NCc2ccccc2-n2ccnc2)cc1. The molecule has 0 unspecified atom stereocenters. The van der Waals surface area contributed by atoms with E-state index in [1.807, 2.05) is 42.0 Å². The molecule has 0 bridgehead atoms. The number of hydrogen-bond acceptors (Lipinski definition) is 4. The number of carbonyl (C=O) groups is 1. The minimum Gasteiger partial charge on any atom is -0.351 e. The Hall–Kier alpha value is -2.97. The maximum absolute atomic E-state index is 12.6. The van der Waals surface area contributed by atoms with Crippen molar-refractivity contribution in [2.24, 2.45) is 0 Å². The van der Waals surface area contributed by atoms with E-state index in [4.69, 9.17) is 0 Å². The van der Waals surface area contributed by atoms with Gasteiger partial charge in [-0.1, -0.05) is 35.9 Å². The molecule has 146 valence electrons. The number of benzene rings is 2. The van der Waals surface area contributed by atoms with Gasteiger partial charge in [0.2, 0.25) is 15.9 Å². The van der Waals surface area contributed by atoms with Crippen molar-refractivity contribution in [1.82, 2.24) is 19.2 Å². The molecule has 0 saturated carbocycles. The molecule has 0 radical (unpaired) electrons. The predicted octanol–water partition coefficient (Wildman–Crippen LogP) is 2.12. The van der Waals surface area contributed by atoms with Crippen molar-refractivity contribution in [3.8, 4) is 5.69 Å². The zero-order chi connectivity index (χ0) is 20.1. The van der Waals surface area contributed by atoms with Crippen LogP contribution in [0.5, 0.6) is 0 Å². The van der Waals surface area contributed by atoms with Gasteiger partial charge in [0.25, 0.3) is 0 Å². The van der Waals surface area contributed by atoms with Crippen molar-refractivity contribution in [3.05, 3.63) is 78.4 Å². The third-order valence-electron chi connectivity index (χ3n) is 4.35. The Morgan fingerprint density at radius 2 is 1.86 bits per heavy atom. The summed E-state index contributed by atoms with van der Waals surface area (Å²) >= 11 is 0. The van der Waals surface area contributed by atoms with Gasteiger partial charge in [-0.25, -0.2) is 13.4 Å². The summed E-state index contributed by atoms with van der Waals surface area (Å²) in [5, 5.41) is 2.79. The lowest BCUT2D eigenvalue weighted by molar-refractivity contribution is -0.121. The normalized spacial score (nSPS) is 11.5. The fourth-order valence-electron chi connectivity index (χ4n) is 2.74. The first-order valence-corrected chi connectivity index (χ1v) is 10.2. The lowest BCUT2D eigenvalue weighted by atomic mass is 10.1. The van der Waals surface area contributed by atoms with Gasteiger partial charge >= 0.3 is 0 Å². The predicted molar refractivity (Wildman–Crippen MR) is 106 cm³/mol. The molecular weight excluding hydrogens is 376 g/mol. The Morgan fingerprint density at radius 1 is 1.14 bits per heavy atom. The summed E-state index contributed by atoms with van der Waals surface area (Å²) in [6.45, 7) is 1.91. The highest BCUT2D eigenvalue weighted by molar-refractivity contribution is 7.89. The van der Waals surface area contributed by atoms with Crippen LogP contribution in [-0.4, -0.2) is 41.8 Å². The average Bonchev–Trinajstić information content (AvgIpc) is 3.21. The number of likely N-dealkylation sites (N-methyl/N-ethyl adjacent to an activating group) is 1. The summed E-state index contributed by atoms with van der Waals surface area (Å²) in [6, 6.07) is 14.2. The molecule has 28 heavy (non-hydrogen) atoms. The number of rotatable bonds is 7. The number of aromatic nitrogens is 2. The molecule has 0 aliphatic rings. The second-order valence-electron chi connectivity index (χ2n) is 6.45. The highest BCUT2D eigenvalue weighted by Gasteiger charge is 2.22. The molecule has 1 N–H and O–H groups in total. The van der Waals surface area contributed by atoms with Gasteiger partial charge in [-0.05, 0) is 30.7 Å². The van der Waals surface area contributed by atoms with Crippen molar-refractivity contribution in [2.45, 2.75) is 18.4 Å². The number of hydrogen-bond donors (Lipinski definition) is 1. The third-order valence-corrected chi connectivity index (χ3v) is 6.16. The molecule has 8 heteroatoms. The molecule has 3 rings (SSSR count). The molecule has 3 aromatic rings. The Kier molecular flexibility index (Phi) is 5.91. The number of para-hydroxylation sites is 1. The van der Waals surface area contributed by atoms with E-state index in [0.29, 0.717) is 0 Å². The molecule has 0 aliphatic carbocycles. The van der Waals surface area contributed by atoms with Crippen LogP contribution in [0.3, 0.4) is 0 Å². The van der Waals surface area contributed by atoms with E-state index in [-0.39, 0.29) is 23.9 Å². The largest absolute Gasteiger partial charge is 0.351 e. The molecule has 0 saturated heterocycles. The van der Waals surface area contributed by atoms with Gasteiger partial charge in [-0.3, -0.25) is 4.79 Å². The summed E-state index contributed by atoms with van der Waals surface area (Å²) in [7, 11) is -2.32. The molecule has 1 amide bonds. The van der Waals surface area contributed by atoms with Crippen LogP contribution >= 0.6 is 0 Å². The quantitative estimate of drug-likeness (QED) is 0.661. The van der Waals surface area contributed by atoms with Gasteiger partial charge in [0.1, 0.15) is 0 Å². The summed E-state index contributed by atoms with van der Waals surface area (Å²) in [5.41, 5.74) is 2.77. The summed E-state index contributed by atoms with van der Waals surface area (Å²) < 4.78 is 28.1. The Balaban J connectivity index is 1.64. The first-order chi connectivity index (χ1) is 13.4. The van der Waals surface area contributed by atoms with Crippen LogP contribution in [0.4, 0.5) is 0 Å². The molecule has 2 aromatic carbocycles. The number of amides is 1. The number of carbonyl (C=O) groups excluding carboxylic acids is 1. The lowest BCUT2D eigenvalue weighted by Crippen LogP contribution is -2.38. The van der Waals surface area contributed by atoms with Crippen molar-refractivity contribution in [3.63, 3.8) is 0 Å². The van der Waals surface area contributed by atoms with Crippen LogP contribution in [0.1, 0.15) is 11.1 Å². The van der Waals surface area contributed by atoms with E-state index >= 15 is 0 Å². The second-order valence-corrected chi connectivity index (χ2v) is 8.49. The van der Waals surface area contributed by atoms with Crippen LogP contribution in [0.15, 0.2) is 72.1 Å². The first kappa shape index (κ1) is 19.8. The summed E-state index contributed by atoms with van der Waals surface area (Å²) in [6.07, 6.45) is 5.19. The summed E-state index contributed by atoms with van der Waals surface area (Å²) in [5.74, 6) is -0.376. The molecule has 0 aliphatic heterocycles. The lowest BCUT2D eigenvalue weighted by Gasteiger charge is -2.17. The van der Waals surface area contributed by atoms with Gasteiger partial charge in [0.15, 0.2) is 0 Å². The van der Waals surface area contributed by atoms with Gasteiger partial charge in [0, 0.05) is 26.0 Å². The van der Waals surface area contributed by atoms with Crippen LogP contribution in [0.25, 0.3) is 5.69 Å². The minimum atomic E-state index is -3.72. The molecule has 0 spiro atoms. The fourth-order valence-corrected chi connectivity index (χ4v) is 3.87. The summed E-state index contributed by atoms with van der Waals surface area (Å²) in [4.78, 5) is 16.5. The molecule has 1 aromatic heterocycles. The topological polar surface area (TPSA) is 84.3 Å². The van der Waals surface area contributed by atoms with E-state index in [0.717, 1.165) is 21.1 Å². The number of nitrogens with zero attached hydrogens (tertiary/aromatic N) is 3. The number of sulfonamides is 1. The van der Waals surface area contributed by atoms with Crippen molar-refractivity contribution >= 4 is 15.9 Å². The molecule has 7 nitrogen and oxygen atoms in total. The Bertz CT molecular complexity index is 1050.